The highest BCUT2D eigenvalue weighted by Gasteiger charge is 2.27. The van der Waals surface area contributed by atoms with E-state index in [1.807, 2.05) is 18.9 Å². The van der Waals surface area contributed by atoms with Crippen molar-refractivity contribution in [2.24, 2.45) is 11.8 Å². The van der Waals surface area contributed by atoms with Crippen LogP contribution in [0.5, 0.6) is 0 Å². The fraction of sp³-hybridized carbons (Fsp3) is 0.909. The fourth-order valence-electron chi connectivity index (χ4n) is 0.921. The average molecular weight is 185 g/mol. The van der Waals surface area contributed by atoms with Gasteiger partial charge in [0, 0.05) is 18.5 Å². The summed E-state index contributed by atoms with van der Waals surface area (Å²) < 4.78 is 0. The van der Waals surface area contributed by atoms with Gasteiger partial charge < -0.3 is 4.90 Å². The van der Waals surface area contributed by atoms with Gasteiger partial charge in [-0.3, -0.25) is 4.79 Å². The molecule has 2 heteroatoms. The first-order chi connectivity index (χ1) is 5.68. The second-order valence-corrected chi connectivity index (χ2v) is 5.10. The standard InChI is InChI=1S/C11H23NO/c1-8(2)9(3)10(13)12(7)11(4,5)6/h8-9H,1-7H3. The van der Waals surface area contributed by atoms with Gasteiger partial charge in [0.1, 0.15) is 0 Å². The van der Waals surface area contributed by atoms with Crippen LogP contribution in [0.15, 0.2) is 0 Å². The maximum atomic E-state index is 11.9. The van der Waals surface area contributed by atoms with E-state index in [1.54, 1.807) is 0 Å². The first-order valence-corrected chi connectivity index (χ1v) is 4.95. The lowest BCUT2D eigenvalue weighted by molar-refractivity contribution is -0.139. The van der Waals surface area contributed by atoms with Crippen molar-refractivity contribution >= 4 is 5.91 Å². The molecule has 0 aromatic carbocycles. The Balaban J connectivity index is 4.44. The quantitative estimate of drug-likeness (QED) is 0.647. The third-order valence-corrected chi connectivity index (χ3v) is 2.73. The molecule has 0 radical (unpaired) electrons. The highest BCUT2D eigenvalue weighted by molar-refractivity contribution is 5.79. The van der Waals surface area contributed by atoms with Crippen molar-refractivity contribution < 1.29 is 4.79 Å². The average Bonchev–Trinajstić information content (AvgIpc) is 1.98. The molecule has 0 aromatic rings. The Morgan fingerprint density at radius 3 is 1.77 bits per heavy atom. The second-order valence-electron chi connectivity index (χ2n) is 5.10. The van der Waals surface area contributed by atoms with Crippen molar-refractivity contribution in [3.8, 4) is 0 Å². The zero-order chi connectivity index (χ0) is 10.8. The smallest absolute Gasteiger partial charge is 0.225 e. The normalized spacial score (nSPS) is 14.5. The van der Waals surface area contributed by atoms with E-state index < -0.39 is 0 Å². The molecule has 0 spiro atoms. The van der Waals surface area contributed by atoms with Crippen molar-refractivity contribution in [3.05, 3.63) is 0 Å². The van der Waals surface area contributed by atoms with Crippen LogP contribution in [-0.2, 0) is 4.79 Å². The number of carbonyl (C=O) groups is 1. The van der Waals surface area contributed by atoms with Gasteiger partial charge in [0.2, 0.25) is 5.91 Å². The number of rotatable bonds is 2. The number of carbonyl (C=O) groups excluding carboxylic acids is 1. The Bertz CT molecular complexity index is 179. The van der Waals surface area contributed by atoms with Gasteiger partial charge in [0.05, 0.1) is 0 Å². The van der Waals surface area contributed by atoms with Crippen molar-refractivity contribution in [1.82, 2.24) is 4.90 Å². The molecule has 0 fully saturated rings. The molecule has 0 aliphatic carbocycles. The number of nitrogens with zero attached hydrogens (tertiary/aromatic N) is 1. The molecule has 0 aliphatic rings. The van der Waals surface area contributed by atoms with Crippen molar-refractivity contribution in [2.45, 2.75) is 47.1 Å². The highest BCUT2D eigenvalue weighted by atomic mass is 16.2. The molecular formula is C11H23NO. The summed E-state index contributed by atoms with van der Waals surface area (Å²) in [5.41, 5.74) is -0.0692. The van der Waals surface area contributed by atoms with Gasteiger partial charge in [-0.15, -0.1) is 0 Å². The van der Waals surface area contributed by atoms with Crippen LogP contribution < -0.4 is 0 Å². The Morgan fingerprint density at radius 2 is 1.54 bits per heavy atom. The molecule has 1 amide bonds. The lowest BCUT2D eigenvalue weighted by Crippen LogP contribution is -2.45. The van der Waals surface area contributed by atoms with Gasteiger partial charge in [-0.2, -0.15) is 0 Å². The molecule has 1 atom stereocenters. The van der Waals surface area contributed by atoms with Crippen LogP contribution in [-0.4, -0.2) is 23.4 Å². The van der Waals surface area contributed by atoms with E-state index in [-0.39, 0.29) is 17.4 Å². The van der Waals surface area contributed by atoms with Crippen LogP contribution in [0.2, 0.25) is 0 Å². The topological polar surface area (TPSA) is 20.3 Å². The highest BCUT2D eigenvalue weighted by Crippen LogP contribution is 2.18. The molecule has 0 saturated heterocycles. The van der Waals surface area contributed by atoms with Crippen molar-refractivity contribution in [3.63, 3.8) is 0 Å². The van der Waals surface area contributed by atoms with E-state index in [1.165, 1.54) is 0 Å². The minimum absolute atomic E-state index is 0.0692. The minimum atomic E-state index is -0.0692. The summed E-state index contributed by atoms with van der Waals surface area (Å²) in [6.07, 6.45) is 0. The summed E-state index contributed by atoms with van der Waals surface area (Å²) in [7, 11) is 1.88. The number of hydrogen-bond acceptors (Lipinski definition) is 1. The summed E-state index contributed by atoms with van der Waals surface area (Å²) in [5.74, 6) is 0.768. The van der Waals surface area contributed by atoms with E-state index in [4.69, 9.17) is 0 Å². The molecule has 0 heterocycles. The van der Waals surface area contributed by atoms with Gasteiger partial charge in [-0.25, -0.2) is 0 Å². The molecule has 2 nitrogen and oxygen atoms in total. The Morgan fingerprint density at radius 1 is 1.15 bits per heavy atom. The summed E-state index contributed by atoms with van der Waals surface area (Å²) in [6, 6.07) is 0. The van der Waals surface area contributed by atoms with Crippen LogP contribution >= 0.6 is 0 Å². The summed E-state index contributed by atoms with van der Waals surface area (Å²) >= 11 is 0. The monoisotopic (exact) mass is 185 g/mol. The minimum Gasteiger partial charge on any atom is -0.341 e. The summed E-state index contributed by atoms with van der Waals surface area (Å²) in [4.78, 5) is 13.7. The molecule has 0 saturated carbocycles. The Kier molecular flexibility index (Phi) is 3.95. The van der Waals surface area contributed by atoms with Crippen molar-refractivity contribution in [2.75, 3.05) is 7.05 Å². The van der Waals surface area contributed by atoms with Gasteiger partial charge in [-0.05, 0) is 26.7 Å². The fourth-order valence-corrected chi connectivity index (χ4v) is 0.921. The third-order valence-electron chi connectivity index (χ3n) is 2.73. The Labute approximate surface area is 82.3 Å². The van der Waals surface area contributed by atoms with Crippen LogP contribution in [0.25, 0.3) is 0 Å². The zero-order valence-electron chi connectivity index (χ0n) is 10.0. The molecule has 0 aromatic heterocycles. The zero-order valence-corrected chi connectivity index (χ0v) is 10.0. The van der Waals surface area contributed by atoms with Gasteiger partial charge in [0.25, 0.3) is 0 Å². The molecule has 0 aliphatic heterocycles. The van der Waals surface area contributed by atoms with Crippen molar-refractivity contribution in [1.29, 1.82) is 0 Å². The molecule has 0 bridgehead atoms. The predicted molar refractivity (Wildman–Crippen MR) is 56.5 cm³/mol. The largest absolute Gasteiger partial charge is 0.341 e. The summed E-state index contributed by atoms with van der Waals surface area (Å²) in [5, 5.41) is 0. The predicted octanol–water partition coefficient (Wildman–Crippen LogP) is 2.54. The van der Waals surface area contributed by atoms with Gasteiger partial charge in [-0.1, -0.05) is 20.8 Å². The molecule has 78 valence electrons. The Hall–Kier alpha value is -0.530. The first kappa shape index (κ1) is 12.5. The van der Waals surface area contributed by atoms with Crippen LogP contribution in [0.3, 0.4) is 0 Å². The molecular weight excluding hydrogens is 162 g/mol. The lowest BCUT2D eigenvalue weighted by atomic mass is 9.94. The SMILES string of the molecule is CC(C)C(C)C(=O)N(C)C(C)(C)C. The molecule has 1 unspecified atom stereocenters. The van der Waals surface area contributed by atoms with Crippen LogP contribution in [0.4, 0.5) is 0 Å². The van der Waals surface area contributed by atoms with E-state index >= 15 is 0 Å². The van der Waals surface area contributed by atoms with Gasteiger partial charge in [0.15, 0.2) is 0 Å². The van der Waals surface area contributed by atoms with Gasteiger partial charge >= 0.3 is 0 Å². The second kappa shape index (κ2) is 4.12. The first-order valence-electron chi connectivity index (χ1n) is 4.95. The molecule has 0 N–H and O–H groups in total. The molecule has 0 rings (SSSR count). The lowest BCUT2D eigenvalue weighted by Gasteiger charge is -2.34. The van der Waals surface area contributed by atoms with E-state index in [2.05, 4.69) is 34.6 Å². The third kappa shape index (κ3) is 3.37. The summed E-state index contributed by atoms with van der Waals surface area (Å²) in [6.45, 7) is 12.3. The number of amides is 1. The van der Waals surface area contributed by atoms with E-state index in [0.717, 1.165) is 0 Å². The van der Waals surface area contributed by atoms with Crippen LogP contribution in [0, 0.1) is 11.8 Å². The van der Waals surface area contributed by atoms with E-state index in [9.17, 15) is 4.79 Å². The maximum absolute atomic E-state index is 11.9. The van der Waals surface area contributed by atoms with E-state index in [0.29, 0.717) is 5.92 Å². The maximum Gasteiger partial charge on any atom is 0.225 e. The van der Waals surface area contributed by atoms with Crippen LogP contribution in [0.1, 0.15) is 41.5 Å². The number of hydrogen-bond donors (Lipinski definition) is 0. The molecule has 13 heavy (non-hydrogen) atoms.